The van der Waals surface area contributed by atoms with E-state index in [1.54, 1.807) is 0 Å². The molecule has 3 nitrogen and oxygen atoms in total. The molecule has 0 unspecified atom stereocenters. The molecule has 3 N–H and O–H groups in total. The molecule has 0 aliphatic rings. The third-order valence-corrected chi connectivity index (χ3v) is 1.56. The molecule has 0 bridgehead atoms. The Balaban J connectivity index is 2.83. The Kier molecular flexibility index (Phi) is 3.04. The average molecular weight is 153 g/mol. The Bertz CT molecular complexity index is 225. The van der Waals surface area contributed by atoms with Gasteiger partial charge in [0.05, 0.1) is 6.61 Å². The molecular formula is C8H11NO2. The van der Waals surface area contributed by atoms with Gasteiger partial charge in [-0.1, -0.05) is 24.3 Å². The third-order valence-electron chi connectivity index (χ3n) is 1.56. The van der Waals surface area contributed by atoms with Gasteiger partial charge in [-0.3, -0.25) is 0 Å². The predicted octanol–water partition coefficient (Wildman–Crippen LogP) is 0.658. The highest BCUT2D eigenvalue weighted by Crippen LogP contribution is 2.07. The van der Waals surface area contributed by atoms with Crippen LogP contribution < -0.4 is 5.48 Å². The van der Waals surface area contributed by atoms with E-state index in [0.717, 1.165) is 11.1 Å². The van der Waals surface area contributed by atoms with E-state index in [0.29, 0.717) is 6.54 Å². The van der Waals surface area contributed by atoms with Gasteiger partial charge in [0.15, 0.2) is 0 Å². The van der Waals surface area contributed by atoms with E-state index in [2.05, 4.69) is 0 Å². The minimum Gasteiger partial charge on any atom is -0.392 e. The van der Waals surface area contributed by atoms with Crippen LogP contribution in [0.2, 0.25) is 0 Å². The van der Waals surface area contributed by atoms with Crippen LogP contribution in [0.4, 0.5) is 0 Å². The van der Waals surface area contributed by atoms with Gasteiger partial charge in [0, 0.05) is 6.54 Å². The summed E-state index contributed by atoms with van der Waals surface area (Å²) in [6.07, 6.45) is 0. The van der Waals surface area contributed by atoms with Crippen LogP contribution in [-0.4, -0.2) is 10.3 Å². The third kappa shape index (κ3) is 2.01. The van der Waals surface area contributed by atoms with Gasteiger partial charge in [0.2, 0.25) is 0 Å². The number of hydroxylamine groups is 1. The van der Waals surface area contributed by atoms with Gasteiger partial charge in [-0.15, -0.1) is 0 Å². The minimum absolute atomic E-state index is 0.0118. The molecule has 0 fully saturated rings. The highest BCUT2D eigenvalue weighted by molar-refractivity contribution is 5.25. The molecule has 1 aromatic rings. The summed E-state index contributed by atoms with van der Waals surface area (Å²) >= 11 is 0. The Morgan fingerprint density at radius 3 is 2.36 bits per heavy atom. The number of aliphatic hydroxyl groups excluding tert-OH is 1. The molecule has 1 rings (SSSR count). The average Bonchev–Trinajstić information content (AvgIpc) is 2.06. The first-order chi connectivity index (χ1) is 5.38. The number of hydrogen-bond donors (Lipinski definition) is 3. The van der Waals surface area contributed by atoms with E-state index in [9.17, 15) is 0 Å². The molecule has 0 radical (unpaired) electrons. The minimum atomic E-state index is 0.0118. The fourth-order valence-electron chi connectivity index (χ4n) is 0.969. The molecule has 0 amide bonds. The van der Waals surface area contributed by atoms with Crippen molar-refractivity contribution in [1.29, 1.82) is 0 Å². The molecule has 0 saturated carbocycles. The van der Waals surface area contributed by atoms with Crippen LogP contribution in [0.5, 0.6) is 0 Å². The van der Waals surface area contributed by atoms with Crippen molar-refractivity contribution in [1.82, 2.24) is 5.48 Å². The van der Waals surface area contributed by atoms with Crippen molar-refractivity contribution in [2.75, 3.05) is 0 Å². The summed E-state index contributed by atoms with van der Waals surface area (Å²) in [6, 6.07) is 7.40. The monoisotopic (exact) mass is 153 g/mol. The smallest absolute Gasteiger partial charge is 0.0685 e. The number of aliphatic hydroxyl groups is 1. The van der Waals surface area contributed by atoms with Crippen LogP contribution in [-0.2, 0) is 13.2 Å². The number of benzene rings is 1. The maximum Gasteiger partial charge on any atom is 0.0685 e. The first kappa shape index (κ1) is 8.20. The van der Waals surface area contributed by atoms with Crippen molar-refractivity contribution in [2.24, 2.45) is 0 Å². The van der Waals surface area contributed by atoms with Gasteiger partial charge >= 0.3 is 0 Å². The van der Waals surface area contributed by atoms with E-state index in [1.807, 2.05) is 29.7 Å². The van der Waals surface area contributed by atoms with E-state index in [4.69, 9.17) is 10.3 Å². The Labute approximate surface area is 65.3 Å². The van der Waals surface area contributed by atoms with Crippen molar-refractivity contribution in [3.05, 3.63) is 35.4 Å². The van der Waals surface area contributed by atoms with Crippen molar-refractivity contribution in [3.8, 4) is 0 Å². The molecule has 0 aliphatic heterocycles. The maximum atomic E-state index is 8.84. The Morgan fingerprint density at radius 1 is 1.18 bits per heavy atom. The molecule has 0 spiro atoms. The van der Waals surface area contributed by atoms with Crippen LogP contribution >= 0.6 is 0 Å². The SMILES string of the molecule is OCc1ccccc1CNO. The standard InChI is InChI=1S/C8H11NO2/c10-6-8-4-2-1-3-7(8)5-9-11/h1-4,9-11H,5-6H2. The zero-order valence-electron chi connectivity index (χ0n) is 6.12. The molecule has 1 aromatic carbocycles. The summed E-state index contributed by atoms with van der Waals surface area (Å²) in [6.45, 7) is 0.384. The van der Waals surface area contributed by atoms with E-state index < -0.39 is 0 Å². The lowest BCUT2D eigenvalue weighted by Crippen LogP contribution is -2.08. The fourth-order valence-corrected chi connectivity index (χ4v) is 0.969. The summed E-state index contributed by atoms with van der Waals surface area (Å²) in [5, 5.41) is 17.2. The van der Waals surface area contributed by atoms with Gasteiger partial charge in [-0.2, -0.15) is 0 Å². The molecule has 0 atom stereocenters. The van der Waals surface area contributed by atoms with Crippen molar-refractivity contribution in [3.63, 3.8) is 0 Å². The molecule has 3 heteroatoms. The lowest BCUT2D eigenvalue weighted by atomic mass is 10.1. The van der Waals surface area contributed by atoms with Crippen molar-refractivity contribution < 1.29 is 10.3 Å². The molecule has 0 saturated heterocycles. The van der Waals surface area contributed by atoms with Crippen LogP contribution in [0.25, 0.3) is 0 Å². The van der Waals surface area contributed by atoms with Crippen LogP contribution in [0.3, 0.4) is 0 Å². The Morgan fingerprint density at radius 2 is 1.82 bits per heavy atom. The molecule has 0 aromatic heterocycles. The zero-order valence-corrected chi connectivity index (χ0v) is 6.12. The van der Waals surface area contributed by atoms with Crippen molar-refractivity contribution >= 4 is 0 Å². The summed E-state index contributed by atoms with van der Waals surface area (Å²) in [5.41, 5.74) is 3.80. The molecule has 0 heterocycles. The first-order valence-corrected chi connectivity index (χ1v) is 3.43. The normalized spacial score (nSPS) is 10.0. The van der Waals surface area contributed by atoms with Gasteiger partial charge in [0.1, 0.15) is 0 Å². The van der Waals surface area contributed by atoms with Crippen molar-refractivity contribution in [2.45, 2.75) is 13.2 Å². The maximum absolute atomic E-state index is 8.84. The van der Waals surface area contributed by atoms with Crippen LogP contribution in [0.15, 0.2) is 24.3 Å². The lowest BCUT2D eigenvalue weighted by Gasteiger charge is -2.04. The van der Waals surface area contributed by atoms with E-state index in [1.165, 1.54) is 0 Å². The summed E-state index contributed by atoms with van der Waals surface area (Å²) in [4.78, 5) is 0. The second-order valence-corrected chi connectivity index (χ2v) is 2.26. The number of hydrogen-bond acceptors (Lipinski definition) is 3. The first-order valence-electron chi connectivity index (χ1n) is 3.43. The highest BCUT2D eigenvalue weighted by atomic mass is 16.5. The largest absolute Gasteiger partial charge is 0.392 e. The fraction of sp³-hybridized carbons (Fsp3) is 0.250. The van der Waals surface area contributed by atoms with E-state index >= 15 is 0 Å². The van der Waals surface area contributed by atoms with Crippen LogP contribution in [0.1, 0.15) is 11.1 Å². The van der Waals surface area contributed by atoms with Gasteiger partial charge in [-0.05, 0) is 11.1 Å². The van der Waals surface area contributed by atoms with Gasteiger partial charge < -0.3 is 10.3 Å². The number of rotatable bonds is 3. The summed E-state index contributed by atoms with van der Waals surface area (Å²) in [7, 11) is 0. The van der Waals surface area contributed by atoms with Gasteiger partial charge in [-0.25, -0.2) is 5.48 Å². The van der Waals surface area contributed by atoms with Crippen LogP contribution in [0, 0.1) is 0 Å². The lowest BCUT2D eigenvalue weighted by molar-refractivity contribution is 0.160. The number of nitrogens with one attached hydrogen (secondary N) is 1. The predicted molar refractivity (Wildman–Crippen MR) is 41.0 cm³/mol. The molecule has 0 aliphatic carbocycles. The molecule has 11 heavy (non-hydrogen) atoms. The quantitative estimate of drug-likeness (QED) is 0.559. The second-order valence-electron chi connectivity index (χ2n) is 2.26. The Hall–Kier alpha value is -0.900. The summed E-state index contributed by atoms with van der Waals surface area (Å²) < 4.78 is 0. The van der Waals surface area contributed by atoms with E-state index in [-0.39, 0.29) is 6.61 Å². The topological polar surface area (TPSA) is 52.5 Å². The summed E-state index contributed by atoms with van der Waals surface area (Å²) in [5.74, 6) is 0. The second kappa shape index (κ2) is 4.08. The van der Waals surface area contributed by atoms with Gasteiger partial charge in [0.25, 0.3) is 0 Å². The zero-order chi connectivity index (χ0) is 8.10. The highest BCUT2D eigenvalue weighted by Gasteiger charge is 1.97. The molecular weight excluding hydrogens is 142 g/mol. The molecule has 60 valence electrons.